The van der Waals surface area contributed by atoms with E-state index in [4.69, 9.17) is 0 Å². The Morgan fingerprint density at radius 1 is 1.31 bits per heavy atom. The largest absolute Gasteiger partial charge is 0.298 e. The van der Waals surface area contributed by atoms with Crippen molar-refractivity contribution in [3.8, 4) is 0 Å². The number of sulfone groups is 1. The number of non-ortho nitro benzene ring substituents is 1. The number of aryl methyl sites for hydroxylation is 1. The Morgan fingerprint density at radius 3 is 2.65 bits per heavy atom. The van der Waals surface area contributed by atoms with E-state index < -0.39 is 26.4 Å². The van der Waals surface area contributed by atoms with Crippen LogP contribution in [-0.2, 0) is 16.3 Å². The lowest BCUT2D eigenvalue weighted by atomic mass is 10.0. The maximum Gasteiger partial charge on any atom is 0.271 e. The lowest BCUT2D eigenvalue weighted by Gasteiger charge is -2.05. The number of hydrogen-bond acceptors (Lipinski definition) is 8. The smallest absolute Gasteiger partial charge is 0.271 e. The van der Waals surface area contributed by atoms with Crippen LogP contribution < -0.4 is 5.32 Å². The van der Waals surface area contributed by atoms with Crippen molar-refractivity contribution < 1.29 is 22.9 Å². The lowest BCUT2D eigenvalue weighted by molar-refractivity contribution is -0.385. The van der Waals surface area contributed by atoms with Gasteiger partial charge in [0.1, 0.15) is 0 Å². The first-order chi connectivity index (χ1) is 12.1. The van der Waals surface area contributed by atoms with Crippen molar-refractivity contribution in [2.75, 3.05) is 11.6 Å². The van der Waals surface area contributed by atoms with Crippen LogP contribution >= 0.6 is 11.3 Å². The van der Waals surface area contributed by atoms with Crippen LogP contribution in [-0.4, -0.2) is 36.3 Å². The quantitative estimate of drug-likeness (QED) is 0.619. The SMILES string of the molecule is CS(=O)(=O)c1cc(C(=O)Nc2nc3c(s2)C(=O)CCC3)cc([N+](=O)[O-])c1. The second kappa shape index (κ2) is 6.57. The first-order valence-electron chi connectivity index (χ1n) is 7.49. The second-order valence-corrected chi connectivity index (χ2v) is 8.79. The number of benzene rings is 1. The molecule has 3 rings (SSSR count). The summed E-state index contributed by atoms with van der Waals surface area (Å²) in [5, 5.41) is 13.7. The molecular weight excluding hydrogens is 382 g/mol. The fraction of sp³-hybridized carbons (Fsp3) is 0.267. The summed E-state index contributed by atoms with van der Waals surface area (Å²) in [6.45, 7) is 0. The number of amides is 1. The van der Waals surface area contributed by atoms with Crippen molar-refractivity contribution in [2.24, 2.45) is 0 Å². The standard InChI is InChI=1S/C15H13N3O6S2/c1-26(23,24)10-6-8(5-9(7-10)18(21)22)14(20)17-15-16-11-3-2-4-12(19)13(11)25-15/h5-7H,2-4H2,1H3,(H,16,17,20). The Morgan fingerprint density at radius 2 is 2.04 bits per heavy atom. The number of Topliss-reactive ketones (excluding diaryl/α,β-unsaturated/α-hetero) is 1. The van der Waals surface area contributed by atoms with Crippen LogP contribution in [0.4, 0.5) is 10.8 Å². The van der Waals surface area contributed by atoms with Gasteiger partial charge in [-0.15, -0.1) is 0 Å². The topological polar surface area (TPSA) is 136 Å². The highest BCUT2D eigenvalue weighted by molar-refractivity contribution is 7.90. The van der Waals surface area contributed by atoms with Crippen LogP contribution in [0.25, 0.3) is 0 Å². The van der Waals surface area contributed by atoms with Gasteiger partial charge in [-0.3, -0.25) is 25.0 Å². The molecule has 0 aliphatic heterocycles. The molecule has 1 aliphatic rings. The van der Waals surface area contributed by atoms with E-state index in [9.17, 15) is 28.1 Å². The number of nitro groups is 1. The molecule has 9 nitrogen and oxygen atoms in total. The maximum absolute atomic E-state index is 12.4. The molecule has 0 saturated carbocycles. The van der Waals surface area contributed by atoms with Crippen molar-refractivity contribution >= 4 is 43.7 Å². The molecule has 2 aromatic rings. The molecule has 0 atom stereocenters. The Kier molecular flexibility index (Phi) is 4.59. The first kappa shape index (κ1) is 18.1. The molecule has 0 unspecified atom stereocenters. The highest BCUT2D eigenvalue weighted by atomic mass is 32.2. The van der Waals surface area contributed by atoms with Crippen molar-refractivity contribution in [2.45, 2.75) is 24.2 Å². The number of aromatic nitrogens is 1. The summed E-state index contributed by atoms with van der Waals surface area (Å²) in [5.74, 6) is -0.767. The van der Waals surface area contributed by atoms with Gasteiger partial charge in [-0.2, -0.15) is 0 Å². The van der Waals surface area contributed by atoms with Gasteiger partial charge in [0.05, 0.1) is 20.4 Å². The molecule has 0 saturated heterocycles. The monoisotopic (exact) mass is 395 g/mol. The Labute approximate surface area is 152 Å². The minimum atomic E-state index is -3.74. The zero-order chi connectivity index (χ0) is 19.1. The van der Waals surface area contributed by atoms with Crippen molar-refractivity contribution in [1.82, 2.24) is 4.98 Å². The van der Waals surface area contributed by atoms with Gasteiger partial charge in [-0.1, -0.05) is 11.3 Å². The van der Waals surface area contributed by atoms with E-state index in [-0.39, 0.29) is 21.4 Å². The van der Waals surface area contributed by atoms with Gasteiger partial charge in [0.25, 0.3) is 11.6 Å². The summed E-state index contributed by atoms with van der Waals surface area (Å²) in [4.78, 5) is 38.9. The van der Waals surface area contributed by atoms with Crippen molar-refractivity contribution in [3.05, 3.63) is 44.4 Å². The van der Waals surface area contributed by atoms with Crippen LogP contribution in [0.2, 0.25) is 0 Å². The molecular formula is C15H13N3O6S2. The van der Waals surface area contributed by atoms with E-state index in [2.05, 4.69) is 10.3 Å². The lowest BCUT2D eigenvalue weighted by Crippen LogP contribution is -2.13. The second-order valence-electron chi connectivity index (χ2n) is 5.77. The Hall–Kier alpha value is -2.66. The van der Waals surface area contributed by atoms with Crippen molar-refractivity contribution in [3.63, 3.8) is 0 Å². The average Bonchev–Trinajstić information content (AvgIpc) is 2.97. The fourth-order valence-electron chi connectivity index (χ4n) is 2.53. The Balaban J connectivity index is 1.94. The molecule has 1 N–H and O–H groups in total. The molecule has 136 valence electrons. The zero-order valence-electron chi connectivity index (χ0n) is 13.5. The number of carbonyl (C=O) groups is 2. The number of nitrogens with one attached hydrogen (secondary N) is 1. The molecule has 26 heavy (non-hydrogen) atoms. The minimum Gasteiger partial charge on any atom is -0.298 e. The van der Waals surface area contributed by atoms with E-state index in [0.29, 0.717) is 29.8 Å². The number of anilines is 1. The van der Waals surface area contributed by atoms with Crippen molar-refractivity contribution in [1.29, 1.82) is 0 Å². The van der Waals surface area contributed by atoms with Gasteiger partial charge < -0.3 is 0 Å². The third kappa shape index (κ3) is 3.63. The minimum absolute atomic E-state index is 0.0287. The number of fused-ring (bicyclic) bond motifs is 1. The first-order valence-corrected chi connectivity index (χ1v) is 10.2. The van der Waals surface area contributed by atoms with Crippen LogP contribution in [0.3, 0.4) is 0 Å². The molecule has 1 aromatic heterocycles. The van der Waals surface area contributed by atoms with E-state index >= 15 is 0 Å². The predicted molar refractivity (Wildman–Crippen MR) is 93.5 cm³/mol. The highest BCUT2D eigenvalue weighted by Gasteiger charge is 2.24. The van der Waals surface area contributed by atoms with E-state index in [1.165, 1.54) is 0 Å². The number of hydrogen-bond donors (Lipinski definition) is 1. The van der Waals surface area contributed by atoms with E-state index in [0.717, 1.165) is 35.8 Å². The van der Waals surface area contributed by atoms with E-state index in [1.807, 2.05) is 0 Å². The summed E-state index contributed by atoms with van der Waals surface area (Å²) in [6, 6.07) is 2.95. The molecule has 0 radical (unpaired) electrons. The summed E-state index contributed by atoms with van der Waals surface area (Å²) in [6.07, 6.45) is 2.67. The number of rotatable bonds is 4. The number of nitro benzene ring substituents is 1. The molecule has 0 bridgehead atoms. The Bertz CT molecular complexity index is 1040. The molecule has 1 amide bonds. The van der Waals surface area contributed by atoms with Crippen LogP contribution in [0, 0.1) is 10.1 Å². The molecule has 1 aromatic carbocycles. The molecule has 1 heterocycles. The van der Waals surface area contributed by atoms with E-state index in [1.54, 1.807) is 0 Å². The highest BCUT2D eigenvalue weighted by Crippen LogP contribution is 2.30. The maximum atomic E-state index is 12.4. The van der Waals surface area contributed by atoms with Gasteiger partial charge in [0.2, 0.25) is 0 Å². The van der Waals surface area contributed by atoms with Crippen LogP contribution in [0.5, 0.6) is 0 Å². The third-order valence-corrected chi connectivity index (χ3v) is 5.93. The average molecular weight is 395 g/mol. The molecule has 1 aliphatic carbocycles. The summed E-state index contributed by atoms with van der Waals surface area (Å²) in [7, 11) is -3.74. The summed E-state index contributed by atoms with van der Waals surface area (Å²) in [5.41, 5.74) is -0.0665. The van der Waals surface area contributed by atoms with Crippen LogP contribution in [0.15, 0.2) is 23.1 Å². The van der Waals surface area contributed by atoms with Gasteiger partial charge in [0, 0.05) is 30.4 Å². The number of carbonyl (C=O) groups excluding carboxylic acids is 2. The molecule has 11 heteroatoms. The molecule has 0 spiro atoms. The van der Waals surface area contributed by atoms with Gasteiger partial charge in [0.15, 0.2) is 20.8 Å². The van der Waals surface area contributed by atoms with Gasteiger partial charge in [-0.05, 0) is 18.9 Å². The number of thiazole rings is 1. The number of ketones is 1. The van der Waals surface area contributed by atoms with Crippen LogP contribution in [0.1, 0.15) is 38.6 Å². The zero-order valence-corrected chi connectivity index (χ0v) is 15.1. The number of nitrogens with zero attached hydrogens (tertiary/aromatic N) is 2. The van der Waals surface area contributed by atoms with Gasteiger partial charge >= 0.3 is 0 Å². The fourth-order valence-corrected chi connectivity index (χ4v) is 4.18. The predicted octanol–water partition coefficient (Wildman–Crippen LogP) is 2.23. The molecule has 0 fully saturated rings. The third-order valence-electron chi connectivity index (χ3n) is 3.78. The van der Waals surface area contributed by atoms with Gasteiger partial charge in [-0.25, -0.2) is 13.4 Å². The normalized spacial score (nSPS) is 14.0. The summed E-state index contributed by atoms with van der Waals surface area (Å²) < 4.78 is 23.4. The summed E-state index contributed by atoms with van der Waals surface area (Å²) >= 11 is 1.04.